The molecule has 1 aliphatic rings. The van der Waals surface area contributed by atoms with Crippen molar-refractivity contribution in [3.63, 3.8) is 0 Å². The van der Waals surface area contributed by atoms with Gasteiger partial charge < -0.3 is 15.0 Å². The SMILES string of the molecule is COCC(CNC(C)C)N1CCN(CC(C)C)CC1. The first-order valence-corrected chi connectivity index (χ1v) is 7.71. The Morgan fingerprint density at radius 1 is 1.05 bits per heavy atom. The minimum absolute atomic E-state index is 0.508. The van der Waals surface area contributed by atoms with Crippen LogP contribution in [0.15, 0.2) is 0 Å². The lowest BCUT2D eigenvalue weighted by molar-refractivity contribution is 0.0456. The molecule has 0 aliphatic carbocycles. The van der Waals surface area contributed by atoms with E-state index in [0.717, 1.165) is 19.1 Å². The van der Waals surface area contributed by atoms with Crippen molar-refractivity contribution in [1.29, 1.82) is 0 Å². The van der Waals surface area contributed by atoms with Gasteiger partial charge in [0, 0.05) is 58.5 Å². The second-order valence-corrected chi connectivity index (χ2v) is 6.40. The zero-order valence-corrected chi connectivity index (χ0v) is 13.5. The Labute approximate surface area is 119 Å². The number of methoxy groups -OCH3 is 1. The zero-order valence-electron chi connectivity index (χ0n) is 13.5. The molecule has 4 nitrogen and oxygen atoms in total. The number of nitrogens with one attached hydrogen (secondary N) is 1. The van der Waals surface area contributed by atoms with E-state index in [9.17, 15) is 0 Å². The van der Waals surface area contributed by atoms with Gasteiger partial charge in [-0.2, -0.15) is 0 Å². The summed E-state index contributed by atoms with van der Waals surface area (Å²) in [4.78, 5) is 5.16. The molecule has 0 radical (unpaired) electrons. The predicted molar refractivity (Wildman–Crippen MR) is 81.7 cm³/mol. The van der Waals surface area contributed by atoms with Crippen LogP contribution in [0.5, 0.6) is 0 Å². The molecule has 0 aromatic rings. The summed E-state index contributed by atoms with van der Waals surface area (Å²) in [6, 6.07) is 1.05. The second-order valence-electron chi connectivity index (χ2n) is 6.40. The topological polar surface area (TPSA) is 27.7 Å². The maximum atomic E-state index is 5.39. The van der Waals surface area contributed by atoms with E-state index in [2.05, 4.69) is 42.8 Å². The summed E-state index contributed by atoms with van der Waals surface area (Å²) < 4.78 is 5.39. The van der Waals surface area contributed by atoms with Crippen molar-refractivity contribution < 1.29 is 4.74 Å². The summed E-state index contributed by atoms with van der Waals surface area (Å²) in [6.07, 6.45) is 0. The fourth-order valence-corrected chi connectivity index (χ4v) is 2.69. The highest BCUT2D eigenvalue weighted by Crippen LogP contribution is 2.09. The summed E-state index contributed by atoms with van der Waals surface area (Å²) in [6.45, 7) is 16.8. The van der Waals surface area contributed by atoms with E-state index in [-0.39, 0.29) is 0 Å². The van der Waals surface area contributed by atoms with Crippen LogP contribution in [0, 0.1) is 5.92 Å². The molecular formula is C15H33N3O. The van der Waals surface area contributed by atoms with Crippen molar-refractivity contribution in [2.75, 3.05) is 53.0 Å². The van der Waals surface area contributed by atoms with E-state index in [1.807, 2.05) is 0 Å². The van der Waals surface area contributed by atoms with Gasteiger partial charge in [-0.1, -0.05) is 27.7 Å². The van der Waals surface area contributed by atoms with E-state index in [1.54, 1.807) is 7.11 Å². The van der Waals surface area contributed by atoms with Crippen molar-refractivity contribution in [2.45, 2.75) is 39.8 Å². The summed E-state index contributed by atoms with van der Waals surface area (Å²) in [7, 11) is 1.80. The highest BCUT2D eigenvalue weighted by molar-refractivity contribution is 4.80. The number of ether oxygens (including phenoxy) is 1. The Hall–Kier alpha value is -0.160. The third kappa shape index (κ3) is 6.70. The average molecular weight is 271 g/mol. The monoisotopic (exact) mass is 271 g/mol. The minimum atomic E-state index is 0.508. The fourth-order valence-electron chi connectivity index (χ4n) is 2.69. The Morgan fingerprint density at radius 2 is 1.68 bits per heavy atom. The minimum Gasteiger partial charge on any atom is -0.383 e. The first kappa shape index (κ1) is 16.9. The van der Waals surface area contributed by atoms with E-state index in [4.69, 9.17) is 4.74 Å². The van der Waals surface area contributed by atoms with Crippen LogP contribution >= 0.6 is 0 Å². The van der Waals surface area contributed by atoms with Crippen LogP contribution in [0.4, 0.5) is 0 Å². The quantitative estimate of drug-likeness (QED) is 0.719. The predicted octanol–water partition coefficient (Wildman–Crippen LogP) is 1.27. The van der Waals surface area contributed by atoms with Gasteiger partial charge in [-0.25, -0.2) is 0 Å². The van der Waals surface area contributed by atoms with Crippen LogP contribution in [-0.2, 0) is 4.74 Å². The summed E-state index contributed by atoms with van der Waals surface area (Å²) >= 11 is 0. The van der Waals surface area contributed by atoms with Crippen molar-refractivity contribution in [1.82, 2.24) is 15.1 Å². The summed E-state index contributed by atoms with van der Waals surface area (Å²) in [5, 5.41) is 3.54. The first-order valence-electron chi connectivity index (χ1n) is 7.71. The number of rotatable bonds is 8. The number of hydrogen-bond acceptors (Lipinski definition) is 4. The van der Waals surface area contributed by atoms with Gasteiger partial charge in [0.15, 0.2) is 0 Å². The molecule has 4 heteroatoms. The van der Waals surface area contributed by atoms with Crippen LogP contribution in [0.3, 0.4) is 0 Å². The lowest BCUT2D eigenvalue weighted by Gasteiger charge is -2.40. The molecule has 0 amide bonds. The van der Waals surface area contributed by atoms with Crippen molar-refractivity contribution in [3.05, 3.63) is 0 Å². The molecule has 0 saturated carbocycles. The van der Waals surface area contributed by atoms with Gasteiger partial charge in [0.1, 0.15) is 0 Å². The molecule has 19 heavy (non-hydrogen) atoms. The van der Waals surface area contributed by atoms with Gasteiger partial charge in [-0.15, -0.1) is 0 Å². The van der Waals surface area contributed by atoms with E-state index in [1.165, 1.54) is 32.7 Å². The highest BCUT2D eigenvalue weighted by Gasteiger charge is 2.23. The lowest BCUT2D eigenvalue weighted by atomic mass is 10.1. The van der Waals surface area contributed by atoms with Crippen LogP contribution < -0.4 is 5.32 Å². The largest absolute Gasteiger partial charge is 0.383 e. The van der Waals surface area contributed by atoms with Gasteiger partial charge in [0.2, 0.25) is 0 Å². The molecule has 114 valence electrons. The Morgan fingerprint density at radius 3 is 2.16 bits per heavy atom. The maximum Gasteiger partial charge on any atom is 0.0630 e. The average Bonchev–Trinajstić information content (AvgIpc) is 2.34. The lowest BCUT2D eigenvalue weighted by Crippen LogP contribution is -2.55. The zero-order chi connectivity index (χ0) is 14.3. The van der Waals surface area contributed by atoms with Crippen LogP contribution in [0.2, 0.25) is 0 Å². The fraction of sp³-hybridized carbons (Fsp3) is 1.00. The van der Waals surface area contributed by atoms with Gasteiger partial charge in [0.05, 0.1) is 6.61 Å². The molecular weight excluding hydrogens is 238 g/mol. The molecule has 1 atom stereocenters. The van der Waals surface area contributed by atoms with Crippen molar-refractivity contribution >= 4 is 0 Å². The number of hydrogen-bond donors (Lipinski definition) is 1. The standard InChI is InChI=1S/C15H33N3O/c1-13(2)11-17-6-8-18(9-7-17)15(12-19-5)10-16-14(3)4/h13-16H,6-12H2,1-5H3. The first-order chi connectivity index (χ1) is 9.02. The van der Waals surface area contributed by atoms with Gasteiger partial charge >= 0.3 is 0 Å². The Balaban J connectivity index is 2.36. The normalized spacial score (nSPS) is 20.4. The number of nitrogens with zero attached hydrogens (tertiary/aromatic N) is 2. The summed E-state index contributed by atoms with van der Waals surface area (Å²) in [5.41, 5.74) is 0. The number of piperazine rings is 1. The van der Waals surface area contributed by atoms with E-state index in [0.29, 0.717) is 12.1 Å². The second kappa shape index (κ2) is 8.90. The van der Waals surface area contributed by atoms with Crippen molar-refractivity contribution in [2.24, 2.45) is 5.92 Å². The smallest absolute Gasteiger partial charge is 0.0630 e. The molecule has 1 rings (SSSR count). The van der Waals surface area contributed by atoms with Crippen LogP contribution in [0.25, 0.3) is 0 Å². The Kier molecular flexibility index (Phi) is 7.91. The third-order valence-electron chi connectivity index (χ3n) is 3.67. The highest BCUT2D eigenvalue weighted by atomic mass is 16.5. The van der Waals surface area contributed by atoms with Crippen LogP contribution in [0.1, 0.15) is 27.7 Å². The third-order valence-corrected chi connectivity index (χ3v) is 3.67. The molecule has 0 aromatic carbocycles. The molecule has 1 unspecified atom stereocenters. The van der Waals surface area contributed by atoms with Gasteiger partial charge in [0.25, 0.3) is 0 Å². The molecule has 1 heterocycles. The molecule has 1 aliphatic heterocycles. The maximum absolute atomic E-state index is 5.39. The van der Waals surface area contributed by atoms with E-state index < -0.39 is 0 Å². The Bertz CT molecular complexity index is 225. The molecule has 0 spiro atoms. The molecule has 0 bridgehead atoms. The molecule has 1 fully saturated rings. The van der Waals surface area contributed by atoms with E-state index >= 15 is 0 Å². The van der Waals surface area contributed by atoms with Gasteiger partial charge in [-0.05, 0) is 5.92 Å². The summed E-state index contributed by atoms with van der Waals surface area (Å²) in [5.74, 6) is 0.768. The molecule has 1 saturated heterocycles. The molecule has 1 N–H and O–H groups in total. The van der Waals surface area contributed by atoms with Gasteiger partial charge in [-0.3, -0.25) is 4.90 Å². The molecule has 0 aromatic heterocycles. The van der Waals surface area contributed by atoms with Crippen LogP contribution in [-0.4, -0.2) is 74.9 Å². The van der Waals surface area contributed by atoms with Crippen molar-refractivity contribution in [3.8, 4) is 0 Å².